The zero-order chi connectivity index (χ0) is 46.0. The predicted octanol–water partition coefficient (Wildman–Crippen LogP) is 8.46. The van der Waals surface area contributed by atoms with E-state index in [9.17, 15) is 28.8 Å². The van der Waals surface area contributed by atoms with E-state index in [1.807, 2.05) is 0 Å². The number of hydrogen-bond acceptors (Lipinski definition) is 12. The summed E-state index contributed by atoms with van der Waals surface area (Å²) in [6.45, 7) is 12.4. The molecule has 12 nitrogen and oxygen atoms in total. The highest BCUT2D eigenvalue weighted by Crippen LogP contribution is 2.64. The second kappa shape index (κ2) is 18.5. The number of ether oxygens (including phenoxy) is 6. The lowest BCUT2D eigenvalue weighted by Gasteiger charge is -2.31. The highest BCUT2D eigenvalue weighted by molar-refractivity contribution is 6.05. The molecule has 18 atom stereocenters. The van der Waals surface area contributed by atoms with E-state index in [1.165, 1.54) is 31.6 Å². The molecule has 356 valence electrons. The number of esters is 6. The summed E-state index contributed by atoms with van der Waals surface area (Å²) >= 11 is 0. The molecular formula is C54H68O12. The first-order valence-electron chi connectivity index (χ1n) is 25.2. The summed E-state index contributed by atoms with van der Waals surface area (Å²) < 4.78 is 34.4. The van der Waals surface area contributed by atoms with Gasteiger partial charge in [-0.2, -0.15) is 0 Å². The van der Waals surface area contributed by atoms with Gasteiger partial charge < -0.3 is 28.4 Å². The molecule has 9 saturated carbocycles. The fraction of sp³-hybridized carbons (Fsp3) is 0.704. The van der Waals surface area contributed by atoms with Crippen LogP contribution in [0.25, 0.3) is 0 Å². The second-order valence-corrected chi connectivity index (χ2v) is 22.5. The maximum absolute atomic E-state index is 14.2. The van der Waals surface area contributed by atoms with Gasteiger partial charge in [-0.05, 0) is 209 Å². The molecule has 0 spiro atoms. The summed E-state index contributed by atoms with van der Waals surface area (Å²) in [5.74, 6) is 5.57. The molecule has 18 unspecified atom stereocenters. The van der Waals surface area contributed by atoms with Gasteiger partial charge in [-0.3, -0.25) is 4.79 Å². The fourth-order valence-corrected chi connectivity index (χ4v) is 16.6. The van der Waals surface area contributed by atoms with Crippen molar-refractivity contribution in [1.82, 2.24) is 0 Å². The van der Waals surface area contributed by atoms with Crippen LogP contribution >= 0.6 is 0 Å². The SMILES string of the molecule is C=CC(=O)OCC1CC2C3CC(COC(=O)c4cc(C(=O)OCC5CC6C7CC(COC(C)=O)C(C7)C6C5)ccc4C(=O)OCC4CC5CC4C4CC(COC(=O)C(=C)C)CC54)C(C3)C2C1. The van der Waals surface area contributed by atoms with Gasteiger partial charge in [0, 0.05) is 18.6 Å². The third-order valence-corrected chi connectivity index (χ3v) is 19.0. The molecule has 0 aromatic heterocycles. The number of carbonyl (C=O) groups is 6. The minimum absolute atomic E-state index is 0.0159. The Hall–Kier alpha value is -4.48. The molecule has 0 N–H and O–H groups in total. The average molecular weight is 909 g/mol. The molecule has 9 aliphatic carbocycles. The van der Waals surface area contributed by atoms with Crippen molar-refractivity contribution in [3.05, 3.63) is 59.7 Å². The first-order chi connectivity index (χ1) is 31.8. The van der Waals surface area contributed by atoms with Crippen LogP contribution in [0.5, 0.6) is 0 Å². The van der Waals surface area contributed by atoms with Crippen molar-refractivity contribution in [3.63, 3.8) is 0 Å². The molecule has 0 amide bonds. The molecule has 0 aliphatic heterocycles. The van der Waals surface area contributed by atoms with Crippen molar-refractivity contribution in [2.75, 3.05) is 39.6 Å². The standard InChI is InChI=1S/C54H68O12/c1-5-50(56)62-21-29-8-40-34-16-38(45(19-34)46(40)11-29)26-66-54(60)49-17-32(52(58)64-23-31-10-42-33-14-36(24-61-28(4)55)43(18-33)47(42)13-31)6-7-39(49)53(59)65-25-37-15-35-20-44(37)48-12-30(9-41(35)48)22-63-51(57)27(2)3/h5-7,17,29-31,33-38,40-48H,1-2,8-16,18-26H2,3-4H3. The monoisotopic (exact) mass is 908 g/mol. The van der Waals surface area contributed by atoms with Gasteiger partial charge in [-0.15, -0.1) is 0 Å². The van der Waals surface area contributed by atoms with Crippen LogP contribution in [0.15, 0.2) is 43.0 Å². The van der Waals surface area contributed by atoms with E-state index < -0.39 is 17.9 Å². The maximum Gasteiger partial charge on any atom is 0.339 e. The minimum Gasteiger partial charge on any atom is -0.466 e. The maximum atomic E-state index is 14.2. The third kappa shape index (κ3) is 8.76. The predicted molar refractivity (Wildman–Crippen MR) is 239 cm³/mol. The lowest BCUT2D eigenvalue weighted by molar-refractivity contribution is -0.143. The Balaban J connectivity index is 0.777. The van der Waals surface area contributed by atoms with Crippen LogP contribution in [0.3, 0.4) is 0 Å². The van der Waals surface area contributed by atoms with Crippen molar-refractivity contribution < 1.29 is 57.2 Å². The van der Waals surface area contributed by atoms with Crippen molar-refractivity contribution in [2.24, 2.45) is 107 Å². The molecular weight excluding hydrogens is 841 g/mol. The average Bonchev–Trinajstić information content (AvgIpc) is 4.17. The first kappa shape index (κ1) is 45.3. The first-order valence-corrected chi connectivity index (χ1v) is 25.2. The summed E-state index contributed by atoms with van der Waals surface area (Å²) in [5, 5.41) is 0. The Bertz CT molecular complexity index is 2130. The molecule has 6 bridgehead atoms. The van der Waals surface area contributed by atoms with Gasteiger partial charge in [0.1, 0.15) is 0 Å². The number of fused-ring (bicyclic) bond motifs is 15. The summed E-state index contributed by atoms with van der Waals surface area (Å²) in [6, 6.07) is 4.52. The van der Waals surface area contributed by atoms with Gasteiger partial charge in [0.05, 0.1) is 56.3 Å². The molecule has 66 heavy (non-hydrogen) atoms. The van der Waals surface area contributed by atoms with Gasteiger partial charge in [0.15, 0.2) is 0 Å². The van der Waals surface area contributed by atoms with Crippen molar-refractivity contribution in [2.45, 2.75) is 90.9 Å². The Morgan fingerprint density at radius 1 is 0.485 bits per heavy atom. The normalized spacial score (nSPS) is 39.2. The van der Waals surface area contributed by atoms with Crippen LogP contribution in [-0.2, 0) is 42.8 Å². The van der Waals surface area contributed by atoms with Crippen LogP contribution in [0, 0.1) is 107 Å². The summed E-state index contributed by atoms with van der Waals surface area (Å²) in [7, 11) is 0. The van der Waals surface area contributed by atoms with Crippen molar-refractivity contribution in [1.29, 1.82) is 0 Å². The molecule has 9 aliphatic rings. The Morgan fingerprint density at radius 2 is 0.909 bits per heavy atom. The zero-order valence-corrected chi connectivity index (χ0v) is 38.7. The fourth-order valence-electron chi connectivity index (χ4n) is 16.6. The van der Waals surface area contributed by atoms with Crippen LogP contribution in [-0.4, -0.2) is 75.5 Å². The number of carbonyl (C=O) groups excluding carboxylic acids is 6. The quantitative estimate of drug-likeness (QED) is 0.0836. The Morgan fingerprint density at radius 3 is 1.38 bits per heavy atom. The van der Waals surface area contributed by atoms with Crippen LogP contribution < -0.4 is 0 Å². The van der Waals surface area contributed by atoms with Crippen LogP contribution in [0.2, 0.25) is 0 Å². The number of rotatable bonds is 17. The summed E-state index contributed by atoms with van der Waals surface area (Å²) in [6.07, 6.45) is 13.8. The van der Waals surface area contributed by atoms with Gasteiger partial charge >= 0.3 is 35.8 Å². The number of hydrogen-bond donors (Lipinski definition) is 0. The lowest BCUT2D eigenvalue weighted by Crippen LogP contribution is -2.29. The highest BCUT2D eigenvalue weighted by Gasteiger charge is 2.58. The van der Waals surface area contributed by atoms with E-state index in [0.717, 1.165) is 70.6 Å². The zero-order valence-electron chi connectivity index (χ0n) is 38.7. The topological polar surface area (TPSA) is 158 Å². The number of benzene rings is 1. The molecule has 9 fully saturated rings. The third-order valence-electron chi connectivity index (χ3n) is 19.0. The van der Waals surface area contributed by atoms with Gasteiger partial charge in [-0.25, -0.2) is 24.0 Å². The molecule has 1 aromatic rings. The molecule has 0 radical (unpaired) electrons. The Kier molecular flexibility index (Phi) is 12.7. The highest BCUT2D eigenvalue weighted by atomic mass is 16.6. The second-order valence-electron chi connectivity index (χ2n) is 22.5. The summed E-state index contributed by atoms with van der Waals surface area (Å²) in [4.78, 5) is 77.2. The molecule has 10 rings (SSSR count). The van der Waals surface area contributed by atoms with Crippen LogP contribution in [0.4, 0.5) is 0 Å². The van der Waals surface area contributed by atoms with Gasteiger partial charge in [0.2, 0.25) is 0 Å². The molecule has 0 saturated heterocycles. The van der Waals surface area contributed by atoms with Gasteiger partial charge in [0.25, 0.3) is 0 Å². The largest absolute Gasteiger partial charge is 0.466 e. The van der Waals surface area contributed by atoms with E-state index in [1.54, 1.807) is 13.0 Å². The van der Waals surface area contributed by atoms with E-state index >= 15 is 0 Å². The van der Waals surface area contributed by atoms with E-state index in [0.29, 0.717) is 121 Å². The van der Waals surface area contributed by atoms with Crippen molar-refractivity contribution in [3.8, 4) is 0 Å². The molecule has 0 heterocycles. The molecule has 1 aromatic carbocycles. The smallest absolute Gasteiger partial charge is 0.339 e. The van der Waals surface area contributed by atoms with E-state index in [2.05, 4.69) is 13.2 Å². The van der Waals surface area contributed by atoms with E-state index in [-0.39, 0.29) is 65.6 Å². The van der Waals surface area contributed by atoms with E-state index in [4.69, 9.17) is 28.4 Å². The van der Waals surface area contributed by atoms with Crippen molar-refractivity contribution >= 4 is 35.8 Å². The van der Waals surface area contributed by atoms with Crippen LogP contribution in [0.1, 0.15) is 122 Å². The molecule has 12 heteroatoms. The minimum atomic E-state index is -0.647. The van der Waals surface area contributed by atoms with Gasteiger partial charge in [-0.1, -0.05) is 13.2 Å². The Labute approximate surface area is 388 Å². The summed E-state index contributed by atoms with van der Waals surface area (Å²) in [5.41, 5.74) is 0.703. The lowest BCUT2D eigenvalue weighted by atomic mass is 9.76.